The van der Waals surface area contributed by atoms with Crippen molar-refractivity contribution in [1.29, 1.82) is 0 Å². The predicted molar refractivity (Wildman–Crippen MR) is 111 cm³/mol. The lowest BCUT2D eigenvalue weighted by Gasteiger charge is -2.41. The van der Waals surface area contributed by atoms with Crippen LogP contribution in [0.25, 0.3) is 0 Å². The number of carbonyl (C=O) groups is 1. The molecule has 1 aromatic heterocycles. The summed E-state index contributed by atoms with van der Waals surface area (Å²) in [5.74, 6) is 0.323. The maximum atomic E-state index is 12.5. The van der Waals surface area contributed by atoms with Gasteiger partial charge in [0.05, 0.1) is 17.7 Å². The third-order valence-corrected chi connectivity index (χ3v) is 6.75. The largest absolute Gasteiger partial charge is 0.468 e. The maximum absolute atomic E-state index is 12.5. The number of nitrogens with one attached hydrogen (secondary N) is 2. The van der Waals surface area contributed by atoms with Crippen LogP contribution in [0.2, 0.25) is 0 Å². The molecular weight excluding hydrogens is 390 g/mol. The summed E-state index contributed by atoms with van der Waals surface area (Å²) < 4.78 is 32.4. The molecule has 0 unspecified atom stereocenters. The zero-order valence-electron chi connectivity index (χ0n) is 17.0. The summed E-state index contributed by atoms with van der Waals surface area (Å²) in [6.45, 7) is 7.00. The normalized spacial score (nSPS) is 15.9. The first-order valence-corrected chi connectivity index (χ1v) is 11.4. The van der Waals surface area contributed by atoms with Crippen LogP contribution >= 0.6 is 0 Å². The minimum Gasteiger partial charge on any atom is -0.468 e. The van der Waals surface area contributed by atoms with Gasteiger partial charge in [-0.15, -0.1) is 0 Å². The van der Waals surface area contributed by atoms with Gasteiger partial charge in [0.2, 0.25) is 10.0 Å². The summed E-state index contributed by atoms with van der Waals surface area (Å²) >= 11 is 0. The van der Waals surface area contributed by atoms with Gasteiger partial charge < -0.3 is 9.73 Å². The van der Waals surface area contributed by atoms with Gasteiger partial charge in [-0.25, -0.2) is 13.1 Å². The molecule has 0 bridgehead atoms. The van der Waals surface area contributed by atoms with E-state index >= 15 is 0 Å². The monoisotopic (exact) mass is 419 g/mol. The van der Waals surface area contributed by atoms with Gasteiger partial charge in [0, 0.05) is 17.6 Å². The number of benzene rings is 1. The molecule has 0 spiro atoms. The van der Waals surface area contributed by atoms with E-state index in [1.165, 1.54) is 49.8 Å². The van der Waals surface area contributed by atoms with Crippen LogP contribution < -0.4 is 10.0 Å². The summed E-state index contributed by atoms with van der Waals surface area (Å²) in [7, 11) is -3.68. The van der Waals surface area contributed by atoms with E-state index in [1.54, 1.807) is 12.1 Å². The number of amides is 1. The lowest BCUT2D eigenvalue weighted by Crippen LogP contribution is -2.53. The molecule has 2 N–H and O–H groups in total. The molecule has 29 heavy (non-hydrogen) atoms. The van der Waals surface area contributed by atoms with Crippen molar-refractivity contribution >= 4 is 15.9 Å². The standard InChI is InChI=1S/C21H29N3O4S/c1-21(2,24-12-4-3-5-13-24)16-22-20(25)17-8-10-19(11-9-17)29(26,27)23-15-18-7-6-14-28-18/h6-11,14,23H,3-5,12-13,15-16H2,1-2H3,(H,22,25). The molecule has 1 aromatic carbocycles. The van der Waals surface area contributed by atoms with Crippen LogP contribution in [-0.2, 0) is 16.6 Å². The Labute approximate surface area is 172 Å². The molecule has 0 saturated carbocycles. The van der Waals surface area contributed by atoms with Gasteiger partial charge in [0.25, 0.3) is 5.91 Å². The molecule has 0 aliphatic carbocycles. The highest BCUT2D eigenvalue weighted by Gasteiger charge is 2.28. The van der Waals surface area contributed by atoms with Gasteiger partial charge in [-0.05, 0) is 76.2 Å². The SMILES string of the molecule is CC(C)(CNC(=O)c1ccc(S(=O)(=O)NCc2ccco2)cc1)N1CCCCC1. The van der Waals surface area contributed by atoms with Crippen LogP contribution in [0, 0.1) is 0 Å². The first kappa shape index (κ1) is 21.5. The Hall–Kier alpha value is -2.16. The minimum absolute atomic E-state index is 0.0726. The van der Waals surface area contributed by atoms with Crippen LogP contribution in [0.5, 0.6) is 0 Å². The van der Waals surface area contributed by atoms with Crippen molar-refractivity contribution in [3.05, 3.63) is 54.0 Å². The van der Waals surface area contributed by atoms with E-state index in [-0.39, 0.29) is 22.9 Å². The third kappa shape index (κ3) is 5.68. The Kier molecular flexibility index (Phi) is 6.77. The minimum atomic E-state index is -3.68. The van der Waals surface area contributed by atoms with Crippen molar-refractivity contribution in [2.75, 3.05) is 19.6 Å². The van der Waals surface area contributed by atoms with E-state index in [0.717, 1.165) is 13.1 Å². The molecule has 1 saturated heterocycles. The van der Waals surface area contributed by atoms with Crippen molar-refractivity contribution in [1.82, 2.24) is 14.9 Å². The average molecular weight is 420 g/mol. The molecule has 1 amide bonds. The smallest absolute Gasteiger partial charge is 0.251 e. The second-order valence-corrected chi connectivity index (χ2v) is 9.74. The lowest BCUT2D eigenvalue weighted by molar-refractivity contribution is 0.0797. The Bertz CT molecular complexity index is 900. The van der Waals surface area contributed by atoms with Gasteiger partial charge in [-0.3, -0.25) is 9.69 Å². The number of likely N-dealkylation sites (tertiary alicyclic amines) is 1. The fourth-order valence-electron chi connectivity index (χ4n) is 3.46. The summed E-state index contributed by atoms with van der Waals surface area (Å²) in [4.78, 5) is 15.0. The molecule has 1 aliphatic heterocycles. The van der Waals surface area contributed by atoms with Crippen molar-refractivity contribution in [3.63, 3.8) is 0 Å². The highest BCUT2D eigenvalue weighted by molar-refractivity contribution is 7.89. The van der Waals surface area contributed by atoms with E-state index in [0.29, 0.717) is 17.9 Å². The van der Waals surface area contributed by atoms with Crippen LogP contribution in [-0.4, -0.2) is 44.4 Å². The molecule has 158 valence electrons. The first-order chi connectivity index (χ1) is 13.8. The zero-order chi connectivity index (χ0) is 20.9. The number of piperidine rings is 1. The van der Waals surface area contributed by atoms with Gasteiger partial charge >= 0.3 is 0 Å². The Morgan fingerprint density at radius 3 is 2.41 bits per heavy atom. The van der Waals surface area contributed by atoms with Gasteiger partial charge in [0.1, 0.15) is 5.76 Å². The number of hydrogen-bond acceptors (Lipinski definition) is 5. The fraction of sp³-hybridized carbons (Fsp3) is 0.476. The van der Waals surface area contributed by atoms with Crippen LogP contribution in [0.4, 0.5) is 0 Å². The summed E-state index contributed by atoms with van der Waals surface area (Å²) in [6.07, 6.45) is 5.15. The third-order valence-electron chi connectivity index (χ3n) is 5.34. The Morgan fingerprint density at radius 2 is 1.79 bits per heavy atom. The van der Waals surface area contributed by atoms with Crippen LogP contribution in [0.3, 0.4) is 0 Å². The Balaban J connectivity index is 1.56. The lowest BCUT2D eigenvalue weighted by atomic mass is 9.98. The zero-order valence-corrected chi connectivity index (χ0v) is 17.8. The second-order valence-electron chi connectivity index (χ2n) is 7.97. The maximum Gasteiger partial charge on any atom is 0.251 e. The van der Waals surface area contributed by atoms with Gasteiger partial charge in [-0.2, -0.15) is 0 Å². The van der Waals surface area contributed by atoms with E-state index in [2.05, 4.69) is 28.8 Å². The van der Waals surface area contributed by atoms with Crippen molar-refractivity contribution in [3.8, 4) is 0 Å². The van der Waals surface area contributed by atoms with Gasteiger partial charge in [0.15, 0.2) is 0 Å². The summed E-state index contributed by atoms with van der Waals surface area (Å²) in [5, 5.41) is 2.98. The van der Waals surface area contributed by atoms with E-state index in [1.807, 2.05) is 0 Å². The Morgan fingerprint density at radius 1 is 1.10 bits per heavy atom. The molecule has 0 radical (unpaired) electrons. The number of furan rings is 1. The summed E-state index contributed by atoms with van der Waals surface area (Å²) in [6, 6.07) is 9.34. The molecule has 1 aliphatic rings. The molecule has 3 rings (SSSR count). The fourth-order valence-corrected chi connectivity index (χ4v) is 4.45. The number of hydrogen-bond donors (Lipinski definition) is 2. The van der Waals surface area contributed by atoms with E-state index in [9.17, 15) is 13.2 Å². The number of rotatable bonds is 8. The molecule has 7 nitrogen and oxygen atoms in total. The highest BCUT2D eigenvalue weighted by Crippen LogP contribution is 2.20. The predicted octanol–water partition coefficient (Wildman–Crippen LogP) is 2.75. The number of sulfonamides is 1. The van der Waals surface area contributed by atoms with Gasteiger partial charge in [-0.1, -0.05) is 6.42 Å². The molecular formula is C21H29N3O4S. The quantitative estimate of drug-likeness (QED) is 0.686. The molecule has 2 heterocycles. The molecule has 1 fully saturated rings. The molecule has 0 atom stereocenters. The number of carbonyl (C=O) groups excluding carboxylic acids is 1. The van der Waals surface area contributed by atoms with E-state index < -0.39 is 10.0 Å². The molecule has 2 aromatic rings. The molecule has 8 heteroatoms. The topological polar surface area (TPSA) is 91.6 Å². The van der Waals surface area contributed by atoms with Crippen LogP contribution in [0.1, 0.15) is 49.2 Å². The van der Waals surface area contributed by atoms with Crippen molar-refractivity contribution < 1.29 is 17.6 Å². The number of nitrogens with zero attached hydrogens (tertiary/aromatic N) is 1. The highest BCUT2D eigenvalue weighted by atomic mass is 32.2. The average Bonchev–Trinajstić information content (AvgIpc) is 3.25. The van der Waals surface area contributed by atoms with Crippen molar-refractivity contribution in [2.24, 2.45) is 0 Å². The summed E-state index contributed by atoms with van der Waals surface area (Å²) in [5.41, 5.74) is 0.319. The van der Waals surface area contributed by atoms with Crippen molar-refractivity contribution in [2.45, 2.75) is 50.1 Å². The van der Waals surface area contributed by atoms with E-state index in [4.69, 9.17) is 4.42 Å². The van der Waals surface area contributed by atoms with Crippen LogP contribution in [0.15, 0.2) is 52.0 Å². The second kappa shape index (κ2) is 9.11. The first-order valence-electron chi connectivity index (χ1n) is 9.93.